The monoisotopic (exact) mass is 378 g/mol. The molecule has 0 unspecified atom stereocenters. The van der Waals surface area contributed by atoms with Gasteiger partial charge in [0.2, 0.25) is 0 Å². The van der Waals surface area contributed by atoms with Crippen LogP contribution in [0.15, 0.2) is 48.7 Å². The number of carbonyl (C=O) groups excluding carboxylic acids is 1. The Morgan fingerprint density at radius 3 is 2.64 bits per heavy atom. The van der Waals surface area contributed by atoms with Crippen molar-refractivity contribution in [2.24, 2.45) is 0 Å². The van der Waals surface area contributed by atoms with Crippen molar-refractivity contribution in [2.45, 2.75) is 32.4 Å². The molecule has 6 nitrogen and oxygen atoms in total. The normalized spacial score (nSPS) is 13.0. The van der Waals surface area contributed by atoms with Gasteiger partial charge in [0.05, 0.1) is 19.3 Å². The Morgan fingerprint density at radius 1 is 1.29 bits per heavy atom. The number of halogens is 1. The number of hydrogen-bond acceptors (Lipinski definition) is 4. The van der Waals surface area contributed by atoms with E-state index in [0.717, 1.165) is 11.1 Å². The van der Waals surface area contributed by atoms with Crippen molar-refractivity contribution in [3.8, 4) is 11.3 Å². The van der Waals surface area contributed by atoms with Gasteiger partial charge in [0.1, 0.15) is 17.1 Å². The van der Waals surface area contributed by atoms with Gasteiger partial charge in [-0.15, -0.1) is 5.10 Å². The number of hydrogen-bond donors (Lipinski definition) is 1. The minimum absolute atomic E-state index is 0.0473. The van der Waals surface area contributed by atoms with Crippen LogP contribution in [-0.2, 0) is 17.8 Å². The standard InChI is InChI=1S/C21H19FN4O2/c1-14-10-15(4-9-18(14)23-3)11-20(27)21(2,28)13-26-12-19(24-25-26)16-5-7-17(22)8-6-16/h4-10,12,28H,11,13H2,1-2H3/t21-/m0/s1. The molecule has 0 saturated carbocycles. The Hall–Kier alpha value is -3.37. The molecule has 1 heterocycles. The molecule has 3 aromatic rings. The molecule has 0 spiro atoms. The van der Waals surface area contributed by atoms with Crippen molar-refractivity contribution >= 4 is 11.5 Å². The molecule has 0 aliphatic carbocycles. The maximum atomic E-state index is 13.0. The number of nitrogens with zero attached hydrogens (tertiary/aromatic N) is 4. The predicted molar refractivity (Wildman–Crippen MR) is 102 cm³/mol. The van der Waals surface area contributed by atoms with Crippen LogP contribution in [0.3, 0.4) is 0 Å². The number of aromatic nitrogens is 3. The molecular weight excluding hydrogens is 359 g/mol. The van der Waals surface area contributed by atoms with E-state index in [-0.39, 0.29) is 24.6 Å². The Bertz CT molecular complexity index is 1050. The summed E-state index contributed by atoms with van der Waals surface area (Å²) in [4.78, 5) is 16.0. The van der Waals surface area contributed by atoms with Gasteiger partial charge in [0.15, 0.2) is 11.5 Å². The molecule has 0 radical (unpaired) electrons. The van der Waals surface area contributed by atoms with Crippen molar-refractivity contribution in [1.82, 2.24) is 15.0 Å². The largest absolute Gasteiger partial charge is 0.380 e. The fourth-order valence-corrected chi connectivity index (χ4v) is 2.86. The highest BCUT2D eigenvalue weighted by Crippen LogP contribution is 2.22. The summed E-state index contributed by atoms with van der Waals surface area (Å²) >= 11 is 0. The number of aryl methyl sites for hydroxylation is 1. The summed E-state index contributed by atoms with van der Waals surface area (Å²) < 4.78 is 14.4. The highest BCUT2D eigenvalue weighted by atomic mass is 19.1. The van der Waals surface area contributed by atoms with Crippen molar-refractivity contribution < 1.29 is 14.3 Å². The zero-order chi connectivity index (χ0) is 20.3. The lowest BCUT2D eigenvalue weighted by molar-refractivity contribution is -0.136. The molecule has 28 heavy (non-hydrogen) atoms. The van der Waals surface area contributed by atoms with Gasteiger partial charge in [-0.05, 0) is 49.2 Å². The van der Waals surface area contributed by atoms with Crippen molar-refractivity contribution in [3.05, 3.63) is 77.0 Å². The highest BCUT2D eigenvalue weighted by molar-refractivity contribution is 5.88. The van der Waals surface area contributed by atoms with Gasteiger partial charge in [0.25, 0.3) is 0 Å². The first-order valence-electron chi connectivity index (χ1n) is 8.67. The third-order valence-corrected chi connectivity index (χ3v) is 4.50. The van der Waals surface area contributed by atoms with Gasteiger partial charge in [-0.2, -0.15) is 0 Å². The predicted octanol–water partition coefficient (Wildman–Crippen LogP) is 3.51. The summed E-state index contributed by atoms with van der Waals surface area (Å²) in [5.41, 5.74) is 1.64. The van der Waals surface area contributed by atoms with Gasteiger partial charge in [-0.3, -0.25) is 4.79 Å². The topological polar surface area (TPSA) is 72.4 Å². The van der Waals surface area contributed by atoms with Crippen LogP contribution in [-0.4, -0.2) is 31.5 Å². The number of rotatable bonds is 6. The summed E-state index contributed by atoms with van der Waals surface area (Å²) in [6.45, 7) is 10.3. The molecule has 0 saturated heterocycles. The molecule has 0 aliphatic rings. The third-order valence-electron chi connectivity index (χ3n) is 4.50. The van der Waals surface area contributed by atoms with E-state index in [4.69, 9.17) is 6.57 Å². The van der Waals surface area contributed by atoms with Crippen LogP contribution in [0.1, 0.15) is 18.1 Å². The maximum Gasteiger partial charge on any atom is 0.190 e. The minimum atomic E-state index is -1.64. The molecule has 142 valence electrons. The van der Waals surface area contributed by atoms with E-state index in [9.17, 15) is 14.3 Å². The molecule has 0 aliphatic heterocycles. The summed E-state index contributed by atoms with van der Waals surface area (Å²) in [6.07, 6.45) is 1.65. The fourth-order valence-electron chi connectivity index (χ4n) is 2.86. The molecule has 1 aromatic heterocycles. The number of aliphatic hydroxyl groups is 1. The van der Waals surface area contributed by atoms with E-state index in [2.05, 4.69) is 15.2 Å². The average molecular weight is 378 g/mol. The minimum Gasteiger partial charge on any atom is -0.380 e. The molecular formula is C21H19FN4O2. The van der Waals surface area contributed by atoms with Crippen LogP contribution in [0.5, 0.6) is 0 Å². The van der Waals surface area contributed by atoms with Crippen LogP contribution in [0.2, 0.25) is 0 Å². The highest BCUT2D eigenvalue weighted by Gasteiger charge is 2.31. The SMILES string of the molecule is [C-]#[N+]c1ccc(CC(=O)[C@@](C)(O)Cn2cc(-c3ccc(F)cc3)nn2)cc1C. The van der Waals surface area contributed by atoms with E-state index in [0.29, 0.717) is 16.9 Å². The molecule has 2 aromatic carbocycles. The lowest BCUT2D eigenvalue weighted by Crippen LogP contribution is -2.41. The first kappa shape index (κ1) is 19.4. The molecule has 0 amide bonds. The molecule has 1 atom stereocenters. The van der Waals surface area contributed by atoms with Gasteiger partial charge in [-0.25, -0.2) is 13.9 Å². The third kappa shape index (κ3) is 4.30. The molecule has 0 bridgehead atoms. The number of carbonyl (C=O) groups is 1. The van der Waals surface area contributed by atoms with Gasteiger partial charge in [0, 0.05) is 12.0 Å². The second-order valence-electron chi connectivity index (χ2n) is 6.91. The lowest BCUT2D eigenvalue weighted by atomic mass is 9.94. The molecule has 0 fully saturated rings. The van der Waals surface area contributed by atoms with Crippen LogP contribution in [0, 0.1) is 19.3 Å². The number of ketones is 1. The summed E-state index contributed by atoms with van der Waals surface area (Å²) in [6, 6.07) is 11.0. The van der Waals surface area contributed by atoms with E-state index in [1.54, 1.807) is 36.5 Å². The molecule has 1 N–H and O–H groups in total. The number of benzene rings is 2. The zero-order valence-electron chi connectivity index (χ0n) is 15.6. The number of Topliss-reactive ketones (excluding diaryl/α,β-unsaturated/α-hetero) is 1. The Labute approximate surface area is 162 Å². The van der Waals surface area contributed by atoms with Crippen LogP contribution >= 0.6 is 0 Å². The van der Waals surface area contributed by atoms with Crippen molar-refractivity contribution in [3.63, 3.8) is 0 Å². The smallest absolute Gasteiger partial charge is 0.190 e. The summed E-state index contributed by atoms with van der Waals surface area (Å²) in [5.74, 6) is -0.703. The lowest BCUT2D eigenvalue weighted by Gasteiger charge is -2.21. The van der Waals surface area contributed by atoms with Gasteiger partial charge in [-0.1, -0.05) is 23.4 Å². The zero-order valence-corrected chi connectivity index (χ0v) is 15.6. The van der Waals surface area contributed by atoms with Gasteiger partial charge < -0.3 is 5.11 Å². The maximum absolute atomic E-state index is 13.0. The van der Waals surface area contributed by atoms with Crippen LogP contribution < -0.4 is 0 Å². The van der Waals surface area contributed by atoms with E-state index in [1.165, 1.54) is 23.7 Å². The second kappa shape index (κ2) is 7.71. The van der Waals surface area contributed by atoms with Crippen LogP contribution in [0.4, 0.5) is 10.1 Å². The van der Waals surface area contributed by atoms with E-state index < -0.39 is 5.60 Å². The van der Waals surface area contributed by atoms with Crippen molar-refractivity contribution in [2.75, 3.05) is 0 Å². The van der Waals surface area contributed by atoms with Crippen LogP contribution in [0.25, 0.3) is 16.1 Å². The van der Waals surface area contributed by atoms with Crippen molar-refractivity contribution in [1.29, 1.82) is 0 Å². The molecule has 7 heteroatoms. The second-order valence-corrected chi connectivity index (χ2v) is 6.91. The molecule has 3 rings (SSSR count). The average Bonchev–Trinajstić information content (AvgIpc) is 3.10. The Morgan fingerprint density at radius 2 is 2.00 bits per heavy atom. The summed E-state index contributed by atoms with van der Waals surface area (Å²) in [5, 5.41) is 18.6. The van der Waals surface area contributed by atoms with E-state index in [1.807, 2.05) is 6.92 Å². The fraction of sp³-hybridized carbons (Fsp3) is 0.238. The first-order valence-corrected chi connectivity index (χ1v) is 8.67. The van der Waals surface area contributed by atoms with Gasteiger partial charge >= 0.3 is 0 Å². The first-order chi connectivity index (χ1) is 13.3. The Balaban J connectivity index is 1.71. The van der Waals surface area contributed by atoms with E-state index >= 15 is 0 Å². The summed E-state index contributed by atoms with van der Waals surface area (Å²) in [7, 11) is 0. The Kier molecular flexibility index (Phi) is 5.34. The quantitative estimate of drug-likeness (QED) is 0.667.